The average molecular weight is 303 g/mol. The first-order chi connectivity index (χ1) is 9.40. The number of aliphatic hydroxyl groups excluding tert-OH is 3. The Kier molecular flexibility index (Phi) is 5.03. The maximum atomic E-state index is 9.90. The second-order valence-electron chi connectivity index (χ2n) is 5.28. The van der Waals surface area contributed by atoms with Gasteiger partial charge in [-0.15, -0.1) is 16.9 Å². The lowest BCUT2D eigenvalue weighted by Crippen LogP contribution is -2.55. The zero-order valence-electron chi connectivity index (χ0n) is 11.7. The quantitative estimate of drug-likeness (QED) is 0.715. The first-order valence-electron chi connectivity index (χ1n) is 6.62. The van der Waals surface area contributed by atoms with E-state index in [9.17, 15) is 15.3 Å². The molecule has 1 aromatic heterocycles. The van der Waals surface area contributed by atoms with Crippen molar-refractivity contribution in [2.75, 3.05) is 0 Å². The van der Waals surface area contributed by atoms with Crippen LogP contribution < -0.4 is 0 Å². The molecule has 1 aliphatic rings. The van der Waals surface area contributed by atoms with Crippen LogP contribution in [0.4, 0.5) is 0 Å². The van der Waals surface area contributed by atoms with E-state index >= 15 is 0 Å². The van der Waals surface area contributed by atoms with Crippen molar-refractivity contribution in [2.24, 2.45) is 0 Å². The molecule has 0 radical (unpaired) electrons. The van der Waals surface area contributed by atoms with Crippen molar-refractivity contribution in [1.82, 2.24) is 15.0 Å². The Morgan fingerprint density at radius 3 is 2.60 bits per heavy atom. The van der Waals surface area contributed by atoms with Gasteiger partial charge in [0.15, 0.2) is 0 Å². The van der Waals surface area contributed by atoms with Gasteiger partial charge in [-0.3, -0.25) is 0 Å². The molecule has 0 aromatic carbocycles. The minimum atomic E-state index is -1.19. The molecule has 0 amide bonds. The van der Waals surface area contributed by atoms with E-state index < -0.39 is 29.9 Å². The fraction of sp³-hybridized carbons (Fsp3) is 0.833. The third kappa shape index (κ3) is 3.32. The summed E-state index contributed by atoms with van der Waals surface area (Å²) in [6, 6.07) is 0.245. The van der Waals surface area contributed by atoms with Crippen molar-refractivity contribution in [2.45, 2.75) is 62.4 Å². The highest BCUT2D eigenvalue weighted by Crippen LogP contribution is 2.30. The van der Waals surface area contributed by atoms with Gasteiger partial charge in [0.2, 0.25) is 0 Å². The molecule has 20 heavy (non-hydrogen) atoms. The van der Waals surface area contributed by atoms with E-state index in [1.807, 2.05) is 20.0 Å². The molecule has 0 aliphatic carbocycles. The Hall–Kier alpha value is -0.670. The Morgan fingerprint density at radius 2 is 2.00 bits per heavy atom. The molecule has 1 aliphatic heterocycles. The molecule has 1 fully saturated rings. The van der Waals surface area contributed by atoms with Crippen LogP contribution in [0.15, 0.2) is 6.20 Å². The van der Waals surface area contributed by atoms with Gasteiger partial charge in [-0.1, -0.05) is 5.21 Å². The lowest BCUT2D eigenvalue weighted by atomic mass is 10.0. The van der Waals surface area contributed by atoms with Gasteiger partial charge in [0.25, 0.3) is 0 Å². The van der Waals surface area contributed by atoms with Gasteiger partial charge >= 0.3 is 0 Å². The van der Waals surface area contributed by atoms with Gasteiger partial charge in [0.05, 0.1) is 11.8 Å². The van der Waals surface area contributed by atoms with E-state index in [4.69, 9.17) is 4.74 Å². The third-order valence-electron chi connectivity index (χ3n) is 3.29. The zero-order chi connectivity index (χ0) is 14.9. The summed E-state index contributed by atoms with van der Waals surface area (Å²) in [5.74, 6) is 0.518. The lowest BCUT2D eigenvalue weighted by Gasteiger charge is -2.38. The Morgan fingerprint density at radius 1 is 1.30 bits per heavy atom. The smallest absolute Gasteiger partial charge is 0.132 e. The summed E-state index contributed by atoms with van der Waals surface area (Å²) in [6.45, 7) is 5.69. The highest BCUT2D eigenvalue weighted by molar-refractivity contribution is 7.99. The van der Waals surface area contributed by atoms with Crippen LogP contribution in [0.1, 0.15) is 32.5 Å². The lowest BCUT2D eigenvalue weighted by molar-refractivity contribution is -0.192. The van der Waals surface area contributed by atoms with Crippen LogP contribution in [0.5, 0.6) is 0 Å². The molecule has 0 saturated carbocycles. The first kappa shape index (κ1) is 15.7. The monoisotopic (exact) mass is 303 g/mol. The average Bonchev–Trinajstić information content (AvgIpc) is 2.88. The third-order valence-corrected chi connectivity index (χ3v) is 4.47. The summed E-state index contributed by atoms with van der Waals surface area (Å²) in [6.07, 6.45) is -2.04. The van der Waals surface area contributed by atoms with Crippen molar-refractivity contribution < 1.29 is 20.1 Å². The zero-order valence-corrected chi connectivity index (χ0v) is 12.6. The second-order valence-corrected chi connectivity index (χ2v) is 6.36. The molecule has 2 rings (SSSR count). The van der Waals surface area contributed by atoms with Gasteiger partial charge in [0.1, 0.15) is 23.7 Å². The molecular weight excluding hydrogens is 282 g/mol. The number of aromatic nitrogens is 3. The molecule has 8 heteroatoms. The molecular formula is C12H21N3O4S. The summed E-state index contributed by atoms with van der Waals surface area (Å²) in [4.78, 5) is 0. The molecule has 3 unspecified atom stereocenters. The maximum absolute atomic E-state index is 9.90. The fourth-order valence-corrected chi connectivity index (χ4v) is 3.03. The van der Waals surface area contributed by atoms with E-state index in [0.29, 0.717) is 5.75 Å². The number of hydrogen-bond donors (Lipinski definition) is 3. The summed E-state index contributed by atoms with van der Waals surface area (Å²) < 4.78 is 7.26. The Labute approximate surface area is 121 Å². The SMILES string of the molecule is CC1O[C@@H](SCc2cn(C(C)C)nn2)C(O)C(O)[C@@H]1O. The number of hydrogen-bond acceptors (Lipinski definition) is 7. The minimum absolute atomic E-state index is 0.245. The van der Waals surface area contributed by atoms with Gasteiger partial charge in [0, 0.05) is 18.0 Å². The van der Waals surface area contributed by atoms with Crippen molar-refractivity contribution in [3.8, 4) is 0 Å². The van der Waals surface area contributed by atoms with Crippen molar-refractivity contribution in [3.63, 3.8) is 0 Å². The number of rotatable bonds is 4. The predicted molar refractivity (Wildman–Crippen MR) is 74.1 cm³/mol. The largest absolute Gasteiger partial charge is 0.388 e. The molecule has 1 aromatic rings. The van der Waals surface area contributed by atoms with E-state index in [2.05, 4.69) is 10.3 Å². The van der Waals surface area contributed by atoms with Crippen LogP contribution in [-0.2, 0) is 10.5 Å². The number of thioether (sulfide) groups is 1. The maximum Gasteiger partial charge on any atom is 0.132 e. The number of nitrogens with zero attached hydrogens (tertiary/aromatic N) is 3. The number of ether oxygens (including phenoxy) is 1. The van der Waals surface area contributed by atoms with Crippen molar-refractivity contribution in [3.05, 3.63) is 11.9 Å². The highest BCUT2D eigenvalue weighted by atomic mass is 32.2. The standard InChI is InChI=1S/C12H21N3O4S/c1-6(2)15-4-8(13-14-15)5-20-12-11(18)10(17)9(16)7(3)19-12/h4,6-7,9-12,16-18H,5H2,1-3H3/t7?,9-,10?,11?,12+/m1/s1. The van der Waals surface area contributed by atoms with Crippen LogP contribution in [-0.4, -0.2) is 60.2 Å². The molecule has 3 N–H and O–H groups in total. The van der Waals surface area contributed by atoms with Crippen molar-refractivity contribution in [1.29, 1.82) is 0 Å². The fourth-order valence-electron chi connectivity index (χ4n) is 1.95. The Bertz CT molecular complexity index is 442. The summed E-state index contributed by atoms with van der Waals surface area (Å²) in [5, 5.41) is 37.3. The highest BCUT2D eigenvalue weighted by Gasteiger charge is 2.41. The van der Waals surface area contributed by atoms with E-state index in [1.54, 1.807) is 11.6 Å². The van der Waals surface area contributed by atoms with Crippen LogP contribution in [0.25, 0.3) is 0 Å². The first-order valence-corrected chi connectivity index (χ1v) is 7.67. The molecule has 0 bridgehead atoms. The van der Waals surface area contributed by atoms with E-state index in [0.717, 1.165) is 5.69 Å². The van der Waals surface area contributed by atoms with E-state index in [1.165, 1.54) is 11.8 Å². The van der Waals surface area contributed by atoms with Crippen molar-refractivity contribution >= 4 is 11.8 Å². The van der Waals surface area contributed by atoms with Gasteiger partial charge in [-0.2, -0.15) is 0 Å². The van der Waals surface area contributed by atoms with Gasteiger partial charge < -0.3 is 20.1 Å². The van der Waals surface area contributed by atoms with Crippen LogP contribution >= 0.6 is 11.8 Å². The molecule has 1 saturated heterocycles. The molecule has 5 atom stereocenters. The normalized spacial score (nSPS) is 34.6. The van der Waals surface area contributed by atoms with Gasteiger partial charge in [-0.25, -0.2) is 4.68 Å². The van der Waals surface area contributed by atoms with Crippen LogP contribution in [0.2, 0.25) is 0 Å². The molecule has 2 heterocycles. The van der Waals surface area contributed by atoms with Gasteiger partial charge in [-0.05, 0) is 20.8 Å². The molecule has 114 valence electrons. The topological polar surface area (TPSA) is 101 Å². The Balaban J connectivity index is 1.92. The van der Waals surface area contributed by atoms with Crippen LogP contribution in [0.3, 0.4) is 0 Å². The summed E-state index contributed by atoms with van der Waals surface area (Å²) in [5.41, 5.74) is 0.195. The summed E-state index contributed by atoms with van der Waals surface area (Å²) in [7, 11) is 0. The van der Waals surface area contributed by atoms with E-state index in [-0.39, 0.29) is 6.04 Å². The minimum Gasteiger partial charge on any atom is -0.388 e. The summed E-state index contributed by atoms with van der Waals surface area (Å²) >= 11 is 1.33. The molecule has 7 nitrogen and oxygen atoms in total. The van der Waals surface area contributed by atoms with Crippen LogP contribution in [0, 0.1) is 0 Å². The number of aliphatic hydroxyl groups is 3. The second kappa shape index (κ2) is 6.40. The predicted octanol–water partition coefficient (Wildman–Crippen LogP) is -0.0803. The molecule has 0 spiro atoms.